The van der Waals surface area contributed by atoms with Gasteiger partial charge >= 0.3 is 0 Å². The lowest BCUT2D eigenvalue weighted by molar-refractivity contribution is -0.113. The van der Waals surface area contributed by atoms with Crippen LogP contribution >= 0.6 is 11.8 Å². The Labute approximate surface area is 196 Å². The molecule has 33 heavy (non-hydrogen) atoms. The molecule has 1 aliphatic heterocycles. The number of nitrogens with zero attached hydrogens (tertiary/aromatic N) is 3. The molecule has 0 spiro atoms. The van der Waals surface area contributed by atoms with Crippen molar-refractivity contribution >= 4 is 34.3 Å². The predicted molar refractivity (Wildman–Crippen MR) is 131 cm³/mol. The van der Waals surface area contributed by atoms with E-state index < -0.39 is 0 Å². The molecule has 2 aromatic heterocycles. The van der Waals surface area contributed by atoms with Crippen LogP contribution in [0.3, 0.4) is 0 Å². The summed E-state index contributed by atoms with van der Waals surface area (Å²) in [6.45, 7) is 3.54. The highest BCUT2D eigenvalue weighted by molar-refractivity contribution is 7.99. The molecule has 170 valence electrons. The number of hydrogen-bond acceptors (Lipinski definition) is 5. The largest absolute Gasteiger partial charge is 0.376 e. The van der Waals surface area contributed by atoms with Gasteiger partial charge in [-0.2, -0.15) is 0 Å². The van der Waals surface area contributed by atoms with Crippen LogP contribution in [-0.4, -0.2) is 44.1 Å². The first-order chi connectivity index (χ1) is 16.2. The third kappa shape index (κ3) is 4.67. The van der Waals surface area contributed by atoms with Crippen molar-refractivity contribution in [2.24, 2.45) is 0 Å². The van der Waals surface area contributed by atoms with E-state index in [9.17, 15) is 4.79 Å². The Morgan fingerprint density at radius 1 is 1.21 bits per heavy atom. The number of aromatic amines is 1. The summed E-state index contributed by atoms with van der Waals surface area (Å²) in [4.78, 5) is 16.0. The van der Waals surface area contributed by atoms with Gasteiger partial charge in [0.1, 0.15) is 0 Å². The molecular weight excluding hydrogens is 434 g/mol. The first kappa shape index (κ1) is 21.7. The predicted octanol–water partition coefficient (Wildman–Crippen LogP) is 4.90. The van der Waals surface area contributed by atoms with Gasteiger partial charge in [-0.15, -0.1) is 10.2 Å². The van der Waals surface area contributed by atoms with Gasteiger partial charge in [0, 0.05) is 35.0 Å². The fourth-order valence-corrected chi connectivity index (χ4v) is 5.02. The van der Waals surface area contributed by atoms with Crippen molar-refractivity contribution in [2.45, 2.75) is 44.0 Å². The summed E-state index contributed by atoms with van der Waals surface area (Å²) in [6.07, 6.45) is 5.06. The highest BCUT2D eigenvalue weighted by atomic mass is 32.2. The van der Waals surface area contributed by atoms with Crippen LogP contribution in [0, 0.1) is 0 Å². The van der Waals surface area contributed by atoms with Gasteiger partial charge in [0.2, 0.25) is 5.91 Å². The Bertz CT molecular complexity index is 1260. The maximum atomic E-state index is 12.7. The second-order valence-corrected chi connectivity index (χ2v) is 9.09. The smallest absolute Gasteiger partial charge is 0.234 e. The number of fused-ring (bicyclic) bond motifs is 1. The number of amides is 1. The van der Waals surface area contributed by atoms with Crippen molar-refractivity contribution in [3.05, 3.63) is 60.3 Å². The zero-order valence-corrected chi connectivity index (χ0v) is 19.4. The van der Waals surface area contributed by atoms with E-state index in [-0.39, 0.29) is 17.8 Å². The van der Waals surface area contributed by atoms with Gasteiger partial charge in [-0.25, -0.2) is 0 Å². The van der Waals surface area contributed by atoms with Gasteiger partial charge < -0.3 is 15.0 Å². The molecule has 0 saturated carbocycles. The van der Waals surface area contributed by atoms with Crippen LogP contribution in [-0.2, 0) is 22.5 Å². The summed E-state index contributed by atoms with van der Waals surface area (Å²) in [5, 5.41) is 13.8. The molecule has 0 radical (unpaired) electrons. The number of rotatable bonds is 8. The number of thioether (sulfide) groups is 1. The van der Waals surface area contributed by atoms with E-state index >= 15 is 0 Å². The summed E-state index contributed by atoms with van der Waals surface area (Å²) < 4.78 is 8.00. The van der Waals surface area contributed by atoms with Gasteiger partial charge in [0.05, 0.1) is 18.4 Å². The van der Waals surface area contributed by atoms with Gasteiger partial charge in [-0.05, 0) is 37.0 Å². The third-order valence-corrected chi connectivity index (χ3v) is 6.93. The van der Waals surface area contributed by atoms with Crippen LogP contribution in [0.25, 0.3) is 22.3 Å². The van der Waals surface area contributed by atoms with Gasteiger partial charge in [-0.3, -0.25) is 9.36 Å². The SMILES string of the molecule is CCc1ccccc1NC(=O)CSc1nnc(-c2c[nH]c3ccccc23)n1CC1CCCO1. The van der Waals surface area contributed by atoms with Crippen molar-refractivity contribution in [3.8, 4) is 11.4 Å². The van der Waals surface area contributed by atoms with E-state index in [1.807, 2.05) is 48.7 Å². The molecular formula is C25H27N5O2S. The van der Waals surface area contributed by atoms with Crippen LogP contribution in [0.5, 0.6) is 0 Å². The lowest BCUT2D eigenvalue weighted by atomic mass is 10.1. The van der Waals surface area contributed by atoms with Crippen LogP contribution in [0.1, 0.15) is 25.3 Å². The molecule has 5 rings (SSSR count). The molecule has 8 heteroatoms. The van der Waals surface area contributed by atoms with Crippen molar-refractivity contribution in [2.75, 3.05) is 17.7 Å². The molecule has 3 heterocycles. The summed E-state index contributed by atoms with van der Waals surface area (Å²) in [7, 11) is 0. The topological polar surface area (TPSA) is 84.8 Å². The number of benzene rings is 2. The molecule has 1 atom stereocenters. The van der Waals surface area contributed by atoms with Crippen LogP contribution in [0.2, 0.25) is 0 Å². The van der Waals surface area contributed by atoms with Crippen LogP contribution in [0.15, 0.2) is 59.9 Å². The average molecular weight is 462 g/mol. The number of anilines is 1. The van der Waals surface area contributed by atoms with Crippen LogP contribution in [0.4, 0.5) is 5.69 Å². The molecule has 1 amide bonds. The number of carbonyl (C=O) groups excluding carboxylic acids is 1. The molecule has 2 N–H and O–H groups in total. The number of para-hydroxylation sites is 2. The fourth-order valence-electron chi connectivity index (χ4n) is 4.27. The Kier molecular flexibility index (Phi) is 6.46. The van der Waals surface area contributed by atoms with E-state index in [1.54, 1.807) is 0 Å². The number of aryl methyl sites for hydroxylation is 1. The summed E-state index contributed by atoms with van der Waals surface area (Å²) in [5.41, 5.74) is 4.05. The van der Waals surface area contributed by atoms with E-state index in [1.165, 1.54) is 11.8 Å². The summed E-state index contributed by atoms with van der Waals surface area (Å²) >= 11 is 1.41. The maximum Gasteiger partial charge on any atom is 0.234 e. The van der Waals surface area contributed by atoms with Crippen molar-refractivity contribution in [1.82, 2.24) is 19.7 Å². The Morgan fingerprint density at radius 3 is 2.91 bits per heavy atom. The molecule has 1 fully saturated rings. The molecule has 0 bridgehead atoms. The molecule has 1 unspecified atom stereocenters. The first-order valence-corrected chi connectivity index (χ1v) is 12.3. The highest BCUT2D eigenvalue weighted by Crippen LogP contribution is 2.31. The number of hydrogen-bond donors (Lipinski definition) is 2. The van der Waals surface area contributed by atoms with Crippen molar-refractivity contribution in [3.63, 3.8) is 0 Å². The zero-order valence-electron chi connectivity index (χ0n) is 18.6. The van der Waals surface area contributed by atoms with E-state index in [0.29, 0.717) is 6.54 Å². The molecule has 1 saturated heterocycles. The minimum absolute atomic E-state index is 0.0544. The minimum Gasteiger partial charge on any atom is -0.376 e. The van der Waals surface area contributed by atoms with Crippen LogP contribution < -0.4 is 5.32 Å². The lowest BCUT2D eigenvalue weighted by Crippen LogP contribution is -2.18. The average Bonchev–Trinajstić information content (AvgIpc) is 3.59. The lowest BCUT2D eigenvalue weighted by Gasteiger charge is -2.14. The fraction of sp³-hybridized carbons (Fsp3) is 0.320. The number of aromatic nitrogens is 4. The number of ether oxygens (including phenoxy) is 1. The standard InChI is InChI=1S/C25H27N5O2S/c1-2-17-8-3-5-11-21(17)27-23(31)16-33-25-29-28-24(30(25)15-18-9-7-13-32-18)20-14-26-22-12-6-4-10-19(20)22/h3-6,8,10-12,14,18,26H,2,7,9,13,15-16H2,1H3,(H,27,31). The second-order valence-electron chi connectivity index (χ2n) is 8.15. The molecule has 2 aromatic carbocycles. The second kappa shape index (κ2) is 9.80. The minimum atomic E-state index is -0.0544. The molecule has 0 aliphatic carbocycles. The maximum absolute atomic E-state index is 12.7. The number of H-pyrrole nitrogens is 1. The van der Waals surface area contributed by atoms with Gasteiger partial charge in [0.25, 0.3) is 0 Å². The van der Waals surface area contributed by atoms with E-state index in [4.69, 9.17) is 4.74 Å². The quantitative estimate of drug-likeness (QED) is 0.365. The van der Waals surface area contributed by atoms with Crippen molar-refractivity contribution in [1.29, 1.82) is 0 Å². The molecule has 4 aromatic rings. The van der Waals surface area contributed by atoms with E-state index in [2.05, 4.69) is 38.1 Å². The highest BCUT2D eigenvalue weighted by Gasteiger charge is 2.23. The normalized spacial score (nSPS) is 15.8. The monoisotopic (exact) mass is 461 g/mol. The van der Waals surface area contributed by atoms with Crippen molar-refractivity contribution < 1.29 is 9.53 Å². The molecule has 1 aliphatic rings. The number of nitrogens with one attached hydrogen (secondary N) is 2. The van der Waals surface area contributed by atoms with Gasteiger partial charge in [-0.1, -0.05) is 55.1 Å². The first-order valence-electron chi connectivity index (χ1n) is 11.3. The van der Waals surface area contributed by atoms with E-state index in [0.717, 1.165) is 64.6 Å². The summed E-state index contributed by atoms with van der Waals surface area (Å²) in [6, 6.07) is 16.1. The zero-order chi connectivity index (χ0) is 22.6. The summed E-state index contributed by atoms with van der Waals surface area (Å²) in [5.74, 6) is 0.999. The Morgan fingerprint density at radius 2 is 2.06 bits per heavy atom. The Hall–Kier alpha value is -3.10. The Balaban J connectivity index is 1.38. The third-order valence-electron chi connectivity index (χ3n) is 5.96. The number of carbonyl (C=O) groups is 1. The van der Waals surface area contributed by atoms with Gasteiger partial charge in [0.15, 0.2) is 11.0 Å². The molecule has 7 nitrogen and oxygen atoms in total.